The molecule has 0 aromatic carbocycles. The molecule has 1 saturated heterocycles. The molecule has 5 heteroatoms. The summed E-state index contributed by atoms with van der Waals surface area (Å²) < 4.78 is 0. The SMILES string of the molecule is NN1C(=O)CNCC1=O. The molecule has 0 saturated carbocycles. The van der Waals surface area contributed by atoms with Gasteiger partial charge in [-0.05, 0) is 0 Å². The Morgan fingerprint density at radius 2 is 1.78 bits per heavy atom. The molecular weight excluding hydrogens is 122 g/mol. The summed E-state index contributed by atoms with van der Waals surface area (Å²) in [6, 6.07) is 0. The van der Waals surface area contributed by atoms with Crippen LogP contribution in [-0.4, -0.2) is 29.9 Å². The van der Waals surface area contributed by atoms with E-state index in [0.717, 1.165) is 0 Å². The number of nitrogens with zero attached hydrogens (tertiary/aromatic N) is 1. The van der Waals surface area contributed by atoms with E-state index in [1.165, 1.54) is 0 Å². The van der Waals surface area contributed by atoms with Crippen LogP contribution in [-0.2, 0) is 9.59 Å². The largest absolute Gasteiger partial charge is 0.300 e. The summed E-state index contributed by atoms with van der Waals surface area (Å²) in [6.45, 7) is 0.310. The van der Waals surface area contributed by atoms with Gasteiger partial charge in [0.05, 0.1) is 13.1 Å². The maximum absolute atomic E-state index is 10.5. The molecule has 5 nitrogen and oxygen atoms in total. The highest BCUT2D eigenvalue weighted by molar-refractivity contribution is 5.98. The van der Waals surface area contributed by atoms with Crippen molar-refractivity contribution in [1.29, 1.82) is 0 Å². The van der Waals surface area contributed by atoms with Gasteiger partial charge in [0.25, 0.3) is 11.8 Å². The van der Waals surface area contributed by atoms with Crippen LogP contribution in [0, 0.1) is 0 Å². The first-order chi connectivity index (χ1) is 4.22. The Morgan fingerprint density at radius 1 is 1.33 bits per heavy atom. The molecule has 9 heavy (non-hydrogen) atoms. The normalized spacial score (nSPS) is 20.8. The van der Waals surface area contributed by atoms with Gasteiger partial charge < -0.3 is 0 Å². The first-order valence-electron chi connectivity index (χ1n) is 2.53. The van der Waals surface area contributed by atoms with E-state index >= 15 is 0 Å². The van der Waals surface area contributed by atoms with Crippen LogP contribution in [0.25, 0.3) is 0 Å². The smallest absolute Gasteiger partial charge is 0.257 e. The van der Waals surface area contributed by atoms with E-state index in [4.69, 9.17) is 5.84 Å². The van der Waals surface area contributed by atoms with Crippen LogP contribution in [0.2, 0.25) is 0 Å². The fraction of sp³-hybridized carbons (Fsp3) is 0.500. The molecule has 0 aromatic rings. The van der Waals surface area contributed by atoms with Crippen LogP contribution in [0.4, 0.5) is 0 Å². The maximum atomic E-state index is 10.5. The molecular formula is C4H7N3O2. The minimum atomic E-state index is -0.383. The van der Waals surface area contributed by atoms with Gasteiger partial charge in [0, 0.05) is 0 Å². The van der Waals surface area contributed by atoms with Crippen molar-refractivity contribution in [2.24, 2.45) is 5.84 Å². The number of hydrazine groups is 1. The standard InChI is InChI=1S/C4H7N3O2/c5-7-3(8)1-6-2-4(7)9/h6H,1-2,5H2. The van der Waals surface area contributed by atoms with E-state index in [0.29, 0.717) is 5.01 Å². The lowest BCUT2D eigenvalue weighted by atomic mass is 10.4. The van der Waals surface area contributed by atoms with Crippen molar-refractivity contribution in [1.82, 2.24) is 10.3 Å². The first kappa shape index (κ1) is 6.18. The fourth-order valence-corrected chi connectivity index (χ4v) is 0.586. The van der Waals surface area contributed by atoms with Crippen molar-refractivity contribution in [3.63, 3.8) is 0 Å². The number of carbonyl (C=O) groups is 2. The van der Waals surface area contributed by atoms with Crippen LogP contribution in [0.5, 0.6) is 0 Å². The van der Waals surface area contributed by atoms with Gasteiger partial charge in [0.1, 0.15) is 0 Å². The number of hydrogen-bond donors (Lipinski definition) is 2. The van der Waals surface area contributed by atoms with Gasteiger partial charge in [-0.1, -0.05) is 0 Å². The van der Waals surface area contributed by atoms with Crippen molar-refractivity contribution in [2.45, 2.75) is 0 Å². The van der Waals surface area contributed by atoms with Crippen molar-refractivity contribution >= 4 is 11.8 Å². The predicted molar refractivity (Wildman–Crippen MR) is 28.9 cm³/mol. The predicted octanol–water partition coefficient (Wildman–Crippen LogP) is -2.18. The third-order valence-electron chi connectivity index (χ3n) is 1.09. The molecule has 2 amide bonds. The van der Waals surface area contributed by atoms with Gasteiger partial charge >= 0.3 is 0 Å². The molecule has 1 aliphatic heterocycles. The summed E-state index contributed by atoms with van der Waals surface area (Å²) >= 11 is 0. The van der Waals surface area contributed by atoms with Crippen LogP contribution in [0.15, 0.2) is 0 Å². The highest BCUT2D eigenvalue weighted by Crippen LogP contribution is 1.86. The summed E-state index contributed by atoms with van der Waals surface area (Å²) in [5.74, 6) is 4.25. The average Bonchev–Trinajstić information content (AvgIpc) is 1.83. The van der Waals surface area contributed by atoms with Crippen LogP contribution in [0.1, 0.15) is 0 Å². The van der Waals surface area contributed by atoms with Crippen molar-refractivity contribution < 1.29 is 9.59 Å². The lowest BCUT2D eigenvalue weighted by molar-refractivity contribution is -0.146. The topological polar surface area (TPSA) is 75.4 Å². The zero-order valence-electron chi connectivity index (χ0n) is 4.76. The van der Waals surface area contributed by atoms with Gasteiger partial charge in [-0.15, -0.1) is 0 Å². The van der Waals surface area contributed by atoms with E-state index in [1.54, 1.807) is 0 Å². The third-order valence-corrected chi connectivity index (χ3v) is 1.09. The summed E-state index contributed by atoms with van der Waals surface area (Å²) in [5, 5.41) is 3.23. The second-order valence-corrected chi connectivity index (χ2v) is 1.76. The van der Waals surface area contributed by atoms with Crippen LogP contribution in [0.3, 0.4) is 0 Å². The summed E-state index contributed by atoms with van der Waals surface area (Å²) in [4.78, 5) is 21.0. The highest BCUT2D eigenvalue weighted by Gasteiger charge is 2.21. The lowest BCUT2D eigenvalue weighted by Gasteiger charge is -2.19. The minimum absolute atomic E-state index is 0.155. The summed E-state index contributed by atoms with van der Waals surface area (Å²) in [6.07, 6.45) is 0. The Kier molecular flexibility index (Phi) is 1.46. The Bertz CT molecular complexity index is 140. The number of piperazine rings is 1. The summed E-state index contributed by atoms with van der Waals surface area (Å²) in [7, 11) is 0. The molecule has 1 fully saturated rings. The van der Waals surface area contributed by atoms with E-state index in [1.807, 2.05) is 0 Å². The lowest BCUT2D eigenvalue weighted by Crippen LogP contribution is -2.55. The molecule has 0 bridgehead atoms. The third kappa shape index (κ3) is 1.06. The molecule has 0 aliphatic carbocycles. The Morgan fingerprint density at radius 3 is 2.11 bits per heavy atom. The quantitative estimate of drug-likeness (QED) is 0.221. The molecule has 0 aromatic heterocycles. The highest BCUT2D eigenvalue weighted by atomic mass is 16.2. The van der Waals surface area contributed by atoms with Crippen molar-refractivity contribution in [2.75, 3.05) is 13.1 Å². The van der Waals surface area contributed by atoms with Crippen LogP contribution < -0.4 is 11.2 Å². The van der Waals surface area contributed by atoms with Crippen LogP contribution >= 0.6 is 0 Å². The van der Waals surface area contributed by atoms with Crippen molar-refractivity contribution in [3.8, 4) is 0 Å². The molecule has 0 unspecified atom stereocenters. The Hall–Kier alpha value is -0.940. The Labute approximate surface area is 51.8 Å². The zero-order valence-corrected chi connectivity index (χ0v) is 4.76. The molecule has 3 N–H and O–H groups in total. The van der Waals surface area contributed by atoms with E-state index < -0.39 is 0 Å². The number of nitrogens with two attached hydrogens (primary N) is 1. The van der Waals surface area contributed by atoms with Gasteiger partial charge in [-0.2, -0.15) is 0 Å². The van der Waals surface area contributed by atoms with Gasteiger partial charge in [-0.25, -0.2) is 10.9 Å². The number of imide groups is 1. The molecule has 50 valence electrons. The molecule has 0 radical (unpaired) electrons. The number of rotatable bonds is 0. The minimum Gasteiger partial charge on any atom is -0.300 e. The molecule has 1 aliphatic rings. The average molecular weight is 129 g/mol. The van der Waals surface area contributed by atoms with Gasteiger partial charge in [0.2, 0.25) is 0 Å². The number of carbonyl (C=O) groups excluding carboxylic acids is 2. The fourth-order valence-electron chi connectivity index (χ4n) is 0.586. The Balaban J connectivity index is 2.62. The maximum Gasteiger partial charge on any atom is 0.257 e. The number of amides is 2. The zero-order chi connectivity index (χ0) is 6.85. The molecule has 0 atom stereocenters. The summed E-state index contributed by atoms with van der Waals surface area (Å²) in [5.41, 5.74) is 0. The van der Waals surface area contributed by atoms with E-state index in [-0.39, 0.29) is 24.9 Å². The first-order valence-corrected chi connectivity index (χ1v) is 2.53. The van der Waals surface area contributed by atoms with Gasteiger partial charge in [0.15, 0.2) is 0 Å². The second-order valence-electron chi connectivity index (χ2n) is 1.76. The second kappa shape index (κ2) is 2.12. The number of hydrogen-bond acceptors (Lipinski definition) is 4. The number of nitrogens with one attached hydrogen (secondary N) is 1. The van der Waals surface area contributed by atoms with Gasteiger partial charge in [-0.3, -0.25) is 14.9 Å². The van der Waals surface area contributed by atoms with Crippen molar-refractivity contribution in [3.05, 3.63) is 0 Å². The molecule has 0 spiro atoms. The molecule has 1 rings (SSSR count). The van der Waals surface area contributed by atoms with E-state index in [9.17, 15) is 9.59 Å². The monoisotopic (exact) mass is 129 g/mol. The molecule has 1 heterocycles. The van der Waals surface area contributed by atoms with E-state index in [2.05, 4.69) is 5.32 Å².